The van der Waals surface area contributed by atoms with Crippen LogP contribution < -0.4 is 10.2 Å². The summed E-state index contributed by atoms with van der Waals surface area (Å²) in [4.78, 5) is 7.06. The highest BCUT2D eigenvalue weighted by Gasteiger charge is 2.14. The van der Waals surface area contributed by atoms with Crippen molar-refractivity contribution < 1.29 is 4.74 Å². The van der Waals surface area contributed by atoms with E-state index in [0.29, 0.717) is 5.92 Å². The van der Waals surface area contributed by atoms with Crippen LogP contribution in [0.4, 0.5) is 5.13 Å². The van der Waals surface area contributed by atoms with Gasteiger partial charge in [-0.25, -0.2) is 4.98 Å². The Labute approximate surface area is 127 Å². The Morgan fingerprint density at radius 2 is 2.10 bits per heavy atom. The first kappa shape index (κ1) is 17.4. The number of aromatic nitrogens is 1. The molecule has 0 aliphatic rings. The smallest absolute Gasteiger partial charge is 0.185 e. The molecule has 0 atom stereocenters. The minimum absolute atomic E-state index is 0.122. The number of thiazole rings is 1. The largest absolute Gasteiger partial charge is 0.383 e. The van der Waals surface area contributed by atoms with Crippen molar-refractivity contribution in [1.82, 2.24) is 10.3 Å². The molecule has 0 saturated carbocycles. The molecule has 0 unspecified atom stereocenters. The van der Waals surface area contributed by atoms with Gasteiger partial charge in [0, 0.05) is 37.7 Å². The predicted molar refractivity (Wildman–Crippen MR) is 87.6 cm³/mol. The van der Waals surface area contributed by atoms with E-state index in [1.165, 1.54) is 0 Å². The van der Waals surface area contributed by atoms with Gasteiger partial charge in [-0.3, -0.25) is 0 Å². The Kier molecular flexibility index (Phi) is 6.92. The van der Waals surface area contributed by atoms with E-state index in [1.54, 1.807) is 18.4 Å². The van der Waals surface area contributed by atoms with Crippen LogP contribution in [0.1, 0.15) is 40.3 Å². The van der Waals surface area contributed by atoms with Crippen molar-refractivity contribution in [3.8, 4) is 0 Å². The summed E-state index contributed by atoms with van der Waals surface area (Å²) in [7, 11) is 1.74. The third-order valence-corrected chi connectivity index (χ3v) is 3.71. The van der Waals surface area contributed by atoms with E-state index in [1.807, 2.05) is 0 Å². The fourth-order valence-corrected chi connectivity index (χ4v) is 2.65. The summed E-state index contributed by atoms with van der Waals surface area (Å²) in [6.45, 7) is 14.4. The Morgan fingerprint density at radius 3 is 2.65 bits per heavy atom. The van der Waals surface area contributed by atoms with Crippen molar-refractivity contribution in [2.75, 3.05) is 31.7 Å². The highest BCUT2D eigenvalue weighted by atomic mass is 32.1. The fourth-order valence-electron chi connectivity index (χ4n) is 1.79. The topological polar surface area (TPSA) is 37.4 Å². The predicted octanol–water partition coefficient (Wildman–Crippen LogP) is 3.14. The molecular formula is C15H29N3OS. The zero-order valence-corrected chi connectivity index (χ0v) is 14.5. The lowest BCUT2D eigenvalue weighted by Crippen LogP contribution is -2.35. The van der Waals surface area contributed by atoms with E-state index in [0.717, 1.165) is 37.1 Å². The van der Waals surface area contributed by atoms with E-state index in [2.05, 4.69) is 50.2 Å². The van der Waals surface area contributed by atoms with Gasteiger partial charge in [0.05, 0.1) is 12.3 Å². The Morgan fingerprint density at radius 1 is 1.40 bits per heavy atom. The number of nitrogens with one attached hydrogen (secondary N) is 1. The molecule has 0 aliphatic heterocycles. The van der Waals surface area contributed by atoms with Gasteiger partial charge in [0.2, 0.25) is 0 Å². The molecule has 0 aromatic carbocycles. The first-order chi connectivity index (χ1) is 9.31. The summed E-state index contributed by atoms with van der Waals surface area (Å²) in [6, 6.07) is 0. The quantitative estimate of drug-likeness (QED) is 0.800. The van der Waals surface area contributed by atoms with Crippen LogP contribution in [0.2, 0.25) is 0 Å². The monoisotopic (exact) mass is 299 g/mol. The van der Waals surface area contributed by atoms with Crippen LogP contribution in [0.5, 0.6) is 0 Å². The van der Waals surface area contributed by atoms with Crippen LogP contribution in [-0.4, -0.2) is 37.3 Å². The first-order valence-electron chi connectivity index (χ1n) is 7.25. The second-order valence-electron chi connectivity index (χ2n) is 6.56. The number of methoxy groups -OCH3 is 1. The Bertz CT molecular complexity index is 385. The zero-order valence-electron chi connectivity index (χ0n) is 13.7. The second-order valence-corrected chi connectivity index (χ2v) is 7.39. The van der Waals surface area contributed by atoms with Crippen LogP contribution >= 0.6 is 11.3 Å². The van der Waals surface area contributed by atoms with E-state index >= 15 is 0 Å². The summed E-state index contributed by atoms with van der Waals surface area (Å²) < 4.78 is 5.20. The lowest BCUT2D eigenvalue weighted by Gasteiger charge is -2.23. The molecule has 0 aliphatic carbocycles. The van der Waals surface area contributed by atoms with Gasteiger partial charge in [-0.05, 0) is 26.7 Å². The van der Waals surface area contributed by atoms with Gasteiger partial charge in [0.25, 0.3) is 0 Å². The van der Waals surface area contributed by atoms with E-state index in [9.17, 15) is 0 Å². The van der Waals surface area contributed by atoms with Crippen LogP contribution in [0.25, 0.3) is 0 Å². The normalized spacial score (nSPS) is 12.2. The lowest BCUT2D eigenvalue weighted by atomic mass is 10.1. The molecule has 20 heavy (non-hydrogen) atoms. The molecule has 1 aromatic rings. The zero-order chi connectivity index (χ0) is 15.2. The maximum Gasteiger partial charge on any atom is 0.185 e. The molecule has 1 heterocycles. The molecule has 5 heteroatoms. The average Bonchev–Trinajstić information content (AvgIpc) is 2.79. The first-order valence-corrected chi connectivity index (χ1v) is 8.13. The Hall–Kier alpha value is -0.650. The van der Waals surface area contributed by atoms with Crippen LogP contribution in [0, 0.1) is 5.92 Å². The van der Waals surface area contributed by atoms with Gasteiger partial charge < -0.3 is 15.0 Å². The molecular weight excluding hydrogens is 270 g/mol. The summed E-state index contributed by atoms with van der Waals surface area (Å²) in [6.07, 6.45) is 0. The molecule has 1 N–H and O–H groups in total. The number of hydrogen-bond donors (Lipinski definition) is 1. The van der Waals surface area contributed by atoms with Gasteiger partial charge in [0.15, 0.2) is 5.13 Å². The fraction of sp³-hybridized carbons (Fsp3) is 0.800. The van der Waals surface area contributed by atoms with E-state index < -0.39 is 0 Å². The molecule has 0 spiro atoms. The van der Waals surface area contributed by atoms with Crippen LogP contribution in [0.3, 0.4) is 0 Å². The molecule has 0 radical (unpaired) electrons. The van der Waals surface area contributed by atoms with E-state index in [4.69, 9.17) is 9.72 Å². The molecule has 0 bridgehead atoms. The van der Waals surface area contributed by atoms with Crippen molar-refractivity contribution >= 4 is 16.5 Å². The number of anilines is 1. The molecule has 4 nitrogen and oxygen atoms in total. The summed E-state index contributed by atoms with van der Waals surface area (Å²) in [5, 5.41) is 6.72. The minimum Gasteiger partial charge on any atom is -0.383 e. The standard InChI is InChI=1S/C15H29N3OS/c1-12(2)10-18(7-8-19-6)14-17-13(11-20-14)9-16-15(3,4)5/h11-12,16H,7-10H2,1-6H3. The highest BCUT2D eigenvalue weighted by molar-refractivity contribution is 7.13. The van der Waals surface area contributed by atoms with Gasteiger partial charge >= 0.3 is 0 Å². The van der Waals surface area contributed by atoms with Crippen molar-refractivity contribution in [3.05, 3.63) is 11.1 Å². The van der Waals surface area contributed by atoms with Crippen molar-refractivity contribution in [3.63, 3.8) is 0 Å². The summed E-state index contributed by atoms with van der Waals surface area (Å²) in [5.74, 6) is 0.618. The van der Waals surface area contributed by atoms with Crippen LogP contribution in [0.15, 0.2) is 5.38 Å². The summed E-state index contributed by atoms with van der Waals surface area (Å²) >= 11 is 1.72. The maximum atomic E-state index is 5.20. The maximum absolute atomic E-state index is 5.20. The van der Waals surface area contributed by atoms with Gasteiger partial charge in [-0.2, -0.15) is 0 Å². The van der Waals surface area contributed by atoms with E-state index in [-0.39, 0.29) is 5.54 Å². The second kappa shape index (κ2) is 7.96. The molecule has 0 saturated heterocycles. The lowest BCUT2D eigenvalue weighted by molar-refractivity contribution is 0.204. The van der Waals surface area contributed by atoms with Crippen molar-refractivity contribution in [2.45, 2.75) is 46.7 Å². The third kappa shape index (κ3) is 6.68. The summed E-state index contributed by atoms with van der Waals surface area (Å²) in [5.41, 5.74) is 1.24. The molecule has 1 rings (SSSR count). The SMILES string of the molecule is COCCN(CC(C)C)c1nc(CNC(C)(C)C)cs1. The number of nitrogens with zero attached hydrogens (tertiary/aromatic N) is 2. The Balaban J connectivity index is 2.64. The van der Waals surface area contributed by atoms with Gasteiger partial charge in [0.1, 0.15) is 0 Å². The van der Waals surface area contributed by atoms with Gasteiger partial charge in [-0.1, -0.05) is 13.8 Å². The van der Waals surface area contributed by atoms with Gasteiger partial charge in [-0.15, -0.1) is 11.3 Å². The van der Waals surface area contributed by atoms with Crippen LogP contribution in [-0.2, 0) is 11.3 Å². The average molecular weight is 299 g/mol. The molecule has 0 fully saturated rings. The molecule has 0 amide bonds. The highest BCUT2D eigenvalue weighted by Crippen LogP contribution is 2.21. The third-order valence-electron chi connectivity index (χ3n) is 2.76. The molecule has 116 valence electrons. The number of rotatable bonds is 8. The van der Waals surface area contributed by atoms with Crippen molar-refractivity contribution in [2.24, 2.45) is 5.92 Å². The number of hydrogen-bond acceptors (Lipinski definition) is 5. The molecule has 1 aromatic heterocycles. The minimum atomic E-state index is 0.122. The number of ether oxygens (including phenoxy) is 1. The van der Waals surface area contributed by atoms with Crippen molar-refractivity contribution in [1.29, 1.82) is 0 Å².